The lowest BCUT2D eigenvalue weighted by atomic mass is 9.93. The van der Waals surface area contributed by atoms with Crippen molar-refractivity contribution in [2.24, 2.45) is 0 Å². The minimum atomic E-state index is 0.644. The molecular weight excluding hydrogens is 623 g/mol. The average Bonchev–Trinajstić information content (AvgIpc) is 3.60. The van der Waals surface area contributed by atoms with Gasteiger partial charge in [-0.3, -0.25) is 0 Å². The first-order chi connectivity index (χ1) is 25.3. The van der Waals surface area contributed by atoms with Crippen molar-refractivity contribution in [3.63, 3.8) is 0 Å². The highest BCUT2D eigenvalue weighted by molar-refractivity contribution is 6.16. The number of rotatable bonds is 5. The highest BCUT2D eigenvalue weighted by atomic mass is 16.3. The van der Waals surface area contributed by atoms with Gasteiger partial charge >= 0.3 is 0 Å². The summed E-state index contributed by atoms with van der Waals surface area (Å²) in [5, 5.41) is 4.44. The van der Waals surface area contributed by atoms with Crippen LogP contribution in [0.4, 0.5) is 0 Å². The molecule has 7 aromatic carbocycles. The molecule has 2 heterocycles. The number of hydrogen-bond acceptors (Lipinski definition) is 4. The van der Waals surface area contributed by atoms with E-state index in [1.165, 1.54) is 16.7 Å². The molecule has 2 aromatic heterocycles. The number of nitrogens with zero attached hydrogens (tertiary/aromatic N) is 3. The van der Waals surface area contributed by atoms with Crippen molar-refractivity contribution in [2.45, 2.75) is 12.8 Å². The Hall–Kier alpha value is -6.65. The first kappa shape index (κ1) is 29.3. The summed E-state index contributed by atoms with van der Waals surface area (Å²) >= 11 is 0. The van der Waals surface area contributed by atoms with Crippen LogP contribution in [-0.2, 0) is 6.42 Å². The quantitative estimate of drug-likeness (QED) is 0.185. The average molecular weight is 654 g/mol. The molecule has 4 heteroatoms. The van der Waals surface area contributed by atoms with E-state index in [0.29, 0.717) is 17.5 Å². The first-order valence-electron chi connectivity index (χ1n) is 17.4. The van der Waals surface area contributed by atoms with Crippen LogP contribution >= 0.6 is 0 Å². The van der Waals surface area contributed by atoms with Gasteiger partial charge in [0.2, 0.25) is 0 Å². The van der Waals surface area contributed by atoms with E-state index in [1.807, 2.05) is 24.3 Å². The molecule has 9 aromatic rings. The van der Waals surface area contributed by atoms with Crippen LogP contribution in [0, 0.1) is 0 Å². The Morgan fingerprint density at radius 3 is 1.90 bits per heavy atom. The van der Waals surface area contributed by atoms with Crippen LogP contribution in [0.15, 0.2) is 162 Å². The summed E-state index contributed by atoms with van der Waals surface area (Å²) in [6.07, 6.45) is 6.57. The van der Waals surface area contributed by atoms with Gasteiger partial charge in [0.25, 0.3) is 0 Å². The molecule has 0 N–H and O–H groups in total. The number of hydrogen-bond donors (Lipinski definition) is 0. The number of allylic oxidation sites excluding steroid dienone is 1. The lowest BCUT2D eigenvalue weighted by Crippen LogP contribution is -2.02. The second-order valence-electron chi connectivity index (χ2n) is 13.1. The van der Waals surface area contributed by atoms with Gasteiger partial charge in [0.05, 0.1) is 0 Å². The van der Waals surface area contributed by atoms with Crippen LogP contribution in [0.1, 0.15) is 17.5 Å². The second kappa shape index (κ2) is 12.0. The van der Waals surface area contributed by atoms with Crippen LogP contribution in [-0.4, -0.2) is 15.0 Å². The zero-order chi connectivity index (χ0) is 33.7. The number of para-hydroxylation sites is 1. The Bertz CT molecular complexity index is 2800. The minimum absolute atomic E-state index is 0.644. The monoisotopic (exact) mass is 653 g/mol. The van der Waals surface area contributed by atoms with Gasteiger partial charge in [-0.15, -0.1) is 0 Å². The van der Waals surface area contributed by atoms with Crippen LogP contribution < -0.4 is 0 Å². The van der Waals surface area contributed by atoms with E-state index in [4.69, 9.17) is 19.4 Å². The molecule has 0 bridgehead atoms. The number of benzene rings is 7. The molecule has 1 aliphatic rings. The van der Waals surface area contributed by atoms with E-state index in [0.717, 1.165) is 78.9 Å². The molecule has 0 radical (unpaired) electrons. The molecule has 4 nitrogen and oxygen atoms in total. The van der Waals surface area contributed by atoms with Gasteiger partial charge in [0.15, 0.2) is 17.5 Å². The molecule has 1 aliphatic carbocycles. The van der Waals surface area contributed by atoms with Crippen molar-refractivity contribution in [1.29, 1.82) is 0 Å². The molecule has 0 fully saturated rings. The molecule has 0 amide bonds. The SMILES string of the molecule is C1=Cc2cc(-c3nc(-c4ccc(-c5ccccc5)cc4)nc(-c4cccc5c(-c6cccc7oc8ccccc8c67)cccc45)n3)ccc2CC1. The van der Waals surface area contributed by atoms with Gasteiger partial charge in [-0.05, 0) is 75.2 Å². The molecule has 240 valence electrons. The van der Waals surface area contributed by atoms with Gasteiger partial charge in [-0.1, -0.05) is 146 Å². The Labute approximate surface area is 295 Å². The topological polar surface area (TPSA) is 51.8 Å². The van der Waals surface area contributed by atoms with Crippen molar-refractivity contribution in [3.05, 3.63) is 169 Å². The van der Waals surface area contributed by atoms with Crippen LogP contribution in [0.3, 0.4) is 0 Å². The molecule has 10 rings (SSSR count). The zero-order valence-electron chi connectivity index (χ0n) is 27.8. The largest absolute Gasteiger partial charge is 0.456 e. The molecule has 0 aliphatic heterocycles. The number of furan rings is 1. The van der Waals surface area contributed by atoms with E-state index in [2.05, 4.69) is 140 Å². The standard InChI is InChI=1S/C47H31N3O/c1-2-11-30(12-3-1)32-23-26-33(27-24-32)45-48-46(35-28-25-31-13-4-5-14-34(31)29-35)50-47(49-45)40-20-9-16-36-37(17-8-18-38(36)40)39-19-10-22-43-44(39)41-15-6-7-21-42(41)51-43/h1-3,5-12,14-29H,4,13H2. The van der Waals surface area contributed by atoms with Crippen molar-refractivity contribution in [3.8, 4) is 56.4 Å². The summed E-state index contributed by atoms with van der Waals surface area (Å²) in [5.74, 6) is 1.95. The maximum atomic E-state index is 6.27. The molecule has 0 unspecified atom stereocenters. The molecule has 0 atom stereocenters. The molecular formula is C47H31N3O. The van der Waals surface area contributed by atoms with Crippen LogP contribution in [0.5, 0.6) is 0 Å². The highest BCUT2D eigenvalue weighted by Gasteiger charge is 2.18. The number of fused-ring (bicyclic) bond motifs is 5. The normalized spacial score (nSPS) is 12.5. The first-order valence-corrected chi connectivity index (χ1v) is 17.4. The fourth-order valence-corrected chi connectivity index (χ4v) is 7.50. The van der Waals surface area contributed by atoms with Gasteiger partial charge in [0, 0.05) is 27.5 Å². The third-order valence-corrected chi connectivity index (χ3v) is 10.0. The van der Waals surface area contributed by atoms with Gasteiger partial charge in [0.1, 0.15) is 11.2 Å². The third kappa shape index (κ3) is 5.12. The van der Waals surface area contributed by atoms with Crippen molar-refractivity contribution in [2.75, 3.05) is 0 Å². The van der Waals surface area contributed by atoms with Crippen molar-refractivity contribution in [1.82, 2.24) is 15.0 Å². The Morgan fingerprint density at radius 2 is 1.04 bits per heavy atom. The number of aryl methyl sites for hydroxylation is 1. The van der Waals surface area contributed by atoms with Gasteiger partial charge in [-0.2, -0.15) is 0 Å². The fraction of sp³-hybridized carbons (Fsp3) is 0.0426. The summed E-state index contributed by atoms with van der Waals surface area (Å²) in [7, 11) is 0. The van der Waals surface area contributed by atoms with E-state index in [1.54, 1.807) is 0 Å². The summed E-state index contributed by atoms with van der Waals surface area (Å²) in [6, 6.07) is 53.0. The maximum Gasteiger partial charge on any atom is 0.164 e. The summed E-state index contributed by atoms with van der Waals surface area (Å²) in [4.78, 5) is 15.5. The van der Waals surface area contributed by atoms with Crippen molar-refractivity contribution < 1.29 is 4.42 Å². The molecule has 51 heavy (non-hydrogen) atoms. The van der Waals surface area contributed by atoms with Crippen molar-refractivity contribution >= 4 is 38.8 Å². The van der Waals surface area contributed by atoms with E-state index >= 15 is 0 Å². The van der Waals surface area contributed by atoms with Crippen LogP contribution in [0.2, 0.25) is 0 Å². The van der Waals surface area contributed by atoms with E-state index in [9.17, 15) is 0 Å². The Kier molecular flexibility index (Phi) is 6.91. The summed E-state index contributed by atoms with van der Waals surface area (Å²) in [6.45, 7) is 0. The van der Waals surface area contributed by atoms with E-state index < -0.39 is 0 Å². The lowest BCUT2D eigenvalue weighted by Gasteiger charge is -2.14. The smallest absolute Gasteiger partial charge is 0.164 e. The summed E-state index contributed by atoms with van der Waals surface area (Å²) in [5.41, 5.74) is 11.8. The highest BCUT2D eigenvalue weighted by Crippen LogP contribution is 2.41. The minimum Gasteiger partial charge on any atom is -0.456 e. The number of aromatic nitrogens is 3. The van der Waals surface area contributed by atoms with Gasteiger partial charge in [-0.25, -0.2) is 15.0 Å². The fourth-order valence-electron chi connectivity index (χ4n) is 7.50. The maximum absolute atomic E-state index is 6.27. The predicted octanol–water partition coefficient (Wildman–Crippen LogP) is 12.2. The van der Waals surface area contributed by atoms with E-state index in [-0.39, 0.29) is 0 Å². The zero-order valence-corrected chi connectivity index (χ0v) is 27.8. The van der Waals surface area contributed by atoms with Crippen LogP contribution in [0.25, 0.3) is 95.2 Å². The predicted molar refractivity (Wildman–Crippen MR) is 209 cm³/mol. The Morgan fingerprint density at radius 1 is 0.431 bits per heavy atom. The summed E-state index contributed by atoms with van der Waals surface area (Å²) < 4.78 is 6.27. The molecule has 0 saturated heterocycles. The molecule has 0 saturated carbocycles. The second-order valence-corrected chi connectivity index (χ2v) is 13.1. The third-order valence-electron chi connectivity index (χ3n) is 10.0. The Balaban J connectivity index is 1.16. The lowest BCUT2D eigenvalue weighted by molar-refractivity contribution is 0.669. The molecule has 0 spiro atoms. The van der Waals surface area contributed by atoms with Gasteiger partial charge < -0.3 is 4.42 Å².